The number of benzene rings is 1. The quantitative estimate of drug-likeness (QED) is 0.306. The van der Waals surface area contributed by atoms with Crippen LogP contribution in [0.5, 0.6) is 0 Å². The molecular formula is C16H10Co2O7. The van der Waals surface area contributed by atoms with Crippen molar-refractivity contribution < 1.29 is 66.2 Å². The zero-order valence-corrected chi connectivity index (χ0v) is 14.5. The summed E-state index contributed by atoms with van der Waals surface area (Å²) in [6, 6.07) is 9.96. The summed E-state index contributed by atoms with van der Waals surface area (Å²) in [5.41, 5.74) is 1.16. The molecule has 0 saturated heterocycles. The maximum atomic E-state index is 7.50. The van der Waals surface area contributed by atoms with Crippen molar-refractivity contribution in [3.8, 4) is 12.3 Å². The minimum atomic E-state index is 0. The Morgan fingerprint density at radius 3 is 1.32 bits per heavy atom. The van der Waals surface area contributed by atoms with Crippen LogP contribution in [0.25, 0.3) is 0 Å². The predicted molar refractivity (Wildman–Crippen MR) is 68.5 cm³/mol. The van der Waals surface area contributed by atoms with Crippen LogP contribution in [0.3, 0.4) is 0 Å². The Balaban J connectivity index is -0.0000000297. The van der Waals surface area contributed by atoms with Gasteiger partial charge in [-0.2, -0.15) is 0 Å². The zero-order chi connectivity index (χ0) is 19.9. The van der Waals surface area contributed by atoms with Crippen molar-refractivity contribution in [3.05, 3.63) is 75.8 Å². The standard InChI is InChI=1S/C10H10O.6CO.2Co/c1-2-8-11-9-10-6-4-3-5-7-10;6*1-2;;/h1,3-7H,8-9H2;;;;;;;;. The molecule has 25 heavy (non-hydrogen) atoms. The van der Waals surface area contributed by atoms with Crippen LogP contribution in [0.2, 0.25) is 0 Å². The van der Waals surface area contributed by atoms with Gasteiger partial charge in [-0.1, -0.05) is 36.3 Å². The average Bonchev–Trinajstić information content (AvgIpc) is 2.72. The molecule has 1 aromatic carbocycles. The molecule has 9 heteroatoms. The van der Waals surface area contributed by atoms with Gasteiger partial charge in [-0.15, -0.1) is 6.42 Å². The van der Waals surface area contributed by atoms with E-state index in [-0.39, 0.29) is 33.6 Å². The third kappa shape index (κ3) is 72.2. The van der Waals surface area contributed by atoms with E-state index < -0.39 is 0 Å². The second-order valence-corrected chi connectivity index (χ2v) is 2.18. The molecule has 0 aliphatic heterocycles. The summed E-state index contributed by atoms with van der Waals surface area (Å²) in [5.74, 6) is 2.42. The molecule has 134 valence electrons. The van der Waals surface area contributed by atoms with E-state index in [0.717, 1.165) is 5.56 Å². The van der Waals surface area contributed by atoms with Gasteiger partial charge in [-0.05, 0) is 5.56 Å². The molecule has 1 aromatic rings. The zero-order valence-electron chi connectivity index (χ0n) is 12.4. The molecule has 0 bridgehead atoms. The van der Waals surface area contributed by atoms with Crippen LogP contribution in [0.4, 0.5) is 0 Å². The average molecular weight is 432 g/mol. The topological polar surface area (TPSA) is 129 Å². The maximum Gasteiger partial charge on any atom is 0 e. The van der Waals surface area contributed by atoms with Gasteiger partial charge in [-0.3, -0.25) is 0 Å². The summed E-state index contributed by atoms with van der Waals surface area (Å²) in [6.07, 6.45) is 5.02. The van der Waals surface area contributed by atoms with E-state index >= 15 is 0 Å². The Kier molecular flexibility index (Phi) is 190. The van der Waals surface area contributed by atoms with Crippen LogP contribution in [0, 0.1) is 52.2 Å². The first kappa shape index (κ1) is 49.5. The fraction of sp³-hybridized carbons (Fsp3) is 0.125. The maximum absolute atomic E-state index is 7.50. The SMILES string of the molecule is C#CCOCc1ccccc1.[C-]#[O+].[C-]#[O+].[C-]#[O+].[C-]#[O+].[C-]#[O+].[C-]#[O+].[Co].[Co]. The molecule has 0 heterocycles. The molecule has 0 spiro atoms. The molecule has 2 radical (unpaired) electrons. The molecule has 0 unspecified atom stereocenters. The van der Waals surface area contributed by atoms with Crippen LogP contribution in [0.1, 0.15) is 5.56 Å². The Labute approximate surface area is 167 Å². The van der Waals surface area contributed by atoms with E-state index in [2.05, 4.69) is 45.8 Å². The van der Waals surface area contributed by atoms with Crippen LogP contribution < -0.4 is 0 Å². The van der Waals surface area contributed by atoms with Crippen molar-refractivity contribution in [2.75, 3.05) is 6.61 Å². The minimum Gasteiger partial charge on any atom is 0 e. The van der Waals surface area contributed by atoms with Crippen LogP contribution in [-0.2, 0) is 72.8 Å². The second kappa shape index (κ2) is 95.9. The van der Waals surface area contributed by atoms with Crippen molar-refractivity contribution in [3.63, 3.8) is 0 Å². The fourth-order valence-corrected chi connectivity index (χ4v) is 0.802. The first-order chi connectivity index (χ1) is 11.4. The van der Waals surface area contributed by atoms with Gasteiger partial charge in [0.25, 0.3) is 0 Å². The van der Waals surface area contributed by atoms with E-state index in [1.807, 2.05) is 30.3 Å². The smallest absolute Gasteiger partial charge is 0 e. The van der Waals surface area contributed by atoms with Gasteiger partial charge in [0.15, 0.2) is 0 Å². The Hall–Kier alpha value is -1.81. The molecule has 0 amide bonds. The van der Waals surface area contributed by atoms with Crippen molar-refractivity contribution in [2.24, 2.45) is 0 Å². The first-order valence-electron chi connectivity index (χ1n) is 4.71. The number of hydrogen-bond acceptors (Lipinski definition) is 1. The van der Waals surface area contributed by atoms with E-state index in [4.69, 9.17) is 39.1 Å². The summed E-state index contributed by atoms with van der Waals surface area (Å²) in [6.45, 7) is 28.0. The second-order valence-electron chi connectivity index (χ2n) is 2.18. The van der Waals surface area contributed by atoms with Gasteiger partial charge >= 0.3 is 67.8 Å². The molecule has 1 rings (SSSR count). The Morgan fingerprint density at radius 2 is 1.04 bits per heavy atom. The van der Waals surface area contributed by atoms with Crippen molar-refractivity contribution in [1.82, 2.24) is 0 Å². The number of terminal acetylenes is 1. The van der Waals surface area contributed by atoms with Crippen LogP contribution in [-0.4, -0.2) is 6.61 Å². The van der Waals surface area contributed by atoms with Crippen molar-refractivity contribution >= 4 is 0 Å². The van der Waals surface area contributed by atoms with Gasteiger partial charge in [0.05, 0.1) is 6.61 Å². The van der Waals surface area contributed by atoms with Gasteiger partial charge in [0.1, 0.15) is 6.61 Å². The molecule has 7 nitrogen and oxygen atoms in total. The summed E-state index contributed by atoms with van der Waals surface area (Å²) < 4.78 is 50.1. The Morgan fingerprint density at radius 1 is 0.720 bits per heavy atom. The van der Waals surface area contributed by atoms with E-state index in [1.165, 1.54) is 0 Å². The van der Waals surface area contributed by atoms with Gasteiger partial charge in [0, 0.05) is 33.6 Å². The third-order valence-corrected chi connectivity index (χ3v) is 1.30. The molecule has 0 saturated carbocycles. The van der Waals surface area contributed by atoms with E-state index in [0.29, 0.717) is 13.2 Å². The molecule has 0 atom stereocenters. The summed E-state index contributed by atoms with van der Waals surface area (Å²) in [4.78, 5) is 0. The van der Waals surface area contributed by atoms with Crippen molar-refractivity contribution in [1.29, 1.82) is 0 Å². The van der Waals surface area contributed by atoms with E-state index in [1.54, 1.807) is 0 Å². The summed E-state index contributed by atoms with van der Waals surface area (Å²) in [5, 5.41) is 0. The first-order valence-corrected chi connectivity index (χ1v) is 4.71. The van der Waals surface area contributed by atoms with Crippen LogP contribution in [0.15, 0.2) is 30.3 Å². The Bertz CT molecular complexity index is 422. The fourth-order valence-electron chi connectivity index (χ4n) is 0.802. The number of rotatable bonds is 3. The molecule has 0 aromatic heterocycles. The largest absolute Gasteiger partial charge is 0 e. The van der Waals surface area contributed by atoms with E-state index in [9.17, 15) is 0 Å². The van der Waals surface area contributed by atoms with Gasteiger partial charge in [0.2, 0.25) is 0 Å². The van der Waals surface area contributed by atoms with Gasteiger partial charge < -0.3 is 4.74 Å². The van der Waals surface area contributed by atoms with Gasteiger partial charge in [-0.25, -0.2) is 0 Å². The minimum absolute atomic E-state index is 0. The summed E-state index contributed by atoms with van der Waals surface area (Å²) >= 11 is 0. The number of hydrogen-bond donors (Lipinski definition) is 0. The normalized spacial score (nSPS) is 4.44. The number of ether oxygens (including phenoxy) is 1. The van der Waals surface area contributed by atoms with Crippen LogP contribution >= 0.6 is 0 Å². The predicted octanol–water partition coefficient (Wildman–Crippen LogP) is 1.61. The molecule has 0 aliphatic rings. The molecular weight excluding hydrogens is 422 g/mol. The summed E-state index contributed by atoms with van der Waals surface area (Å²) in [7, 11) is 0. The monoisotopic (exact) mass is 432 g/mol. The molecule has 0 N–H and O–H groups in total. The molecule has 0 fully saturated rings. The van der Waals surface area contributed by atoms with Crippen molar-refractivity contribution in [2.45, 2.75) is 6.61 Å². The molecule has 0 aliphatic carbocycles. The third-order valence-electron chi connectivity index (χ3n) is 1.30.